The molecule has 15 heavy (non-hydrogen) atoms. The summed E-state index contributed by atoms with van der Waals surface area (Å²) in [5, 5.41) is 18.0. The van der Waals surface area contributed by atoms with Crippen LogP contribution in [0.25, 0.3) is 0 Å². The number of carbonyl (C=O) groups is 1. The van der Waals surface area contributed by atoms with Gasteiger partial charge in [-0.1, -0.05) is 0 Å². The van der Waals surface area contributed by atoms with Crippen molar-refractivity contribution in [1.82, 2.24) is 5.32 Å². The fourth-order valence-electron chi connectivity index (χ4n) is 0.940. The van der Waals surface area contributed by atoms with Gasteiger partial charge in [-0.25, -0.2) is 4.39 Å². The number of hydrogen-bond donors (Lipinski definition) is 4. The Labute approximate surface area is 87.7 Å². The minimum atomic E-state index is -1.22. The molecule has 5 nitrogen and oxygen atoms in total. The highest BCUT2D eigenvalue weighted by atomic mass is 19.1. The van der Waals surface area contributed by atoms with Gasteiger partial charge in [-0.3, -0.25) is 4.79 Å². The van der Waals surface area contributed by atoms with Crippen LogP contribution in [-0.4, -0.2) is 35.9 Å². The van der Waals surface area contributed by atoms with E-state index in [4.69, 9.17) is 16.2 Å². The highest BCUT2D eigenvalue weighted by Crippen LogP contribution is 2.07. The maximum absolute atomic E-state index is 13.1. The number of halogens is 1. The van der Waals surface area contributed by atoms with Crippen LogP contribution in [0, 0.1) is 5.41 Å². The van der Waals surface area contributed by atoms with Gasteiger partial charge < -0.3 is 21.6 Å². The van der Waals surface area contributed by atoms with E-state index >= 15 is 0 Å². The number of hydrogen-bond acceptors (Lipinski definition) is 4. The first kappa shape index (κ1) is 13.7. The Morgan fingerprint density at radius 1 is 1.73 bits per heavy atom. The molecule has 0 saturated heterocycles. The molecule has 6 heteroatoms. The SMILES string of the molecule is CC(/C=C(\F)C[C@H](N)C(=O)O)NCC=N. The molecule has 0 fully saturated rings. The molecule has 0 bridgehead atoms. The lowest BCUT2D eigenvalue weighted by Gasteiger charge is -2.08. The highest BCUT2D eigenvalue weighted by molar-refractivity contribution is 5.73. The van der Waals surface area contributed by atoms with Crippen LogP contribution in [0.5, 0.6) is 0 Å². The van der Waals surface area contributed by atoms with Crippen LogP contribution in [0.2, 0.25) is 0 Å². The van der Waals surface area contributed by atoms with Gasteiger partial charge >= 0.3 is 5.97 Å². The second kappa shape index (κ2) is 7.08. The predicted octanol–water partition coefficient (Wildman–Crippen LogP) is 0.269. The fraction of sp³-hybridized carbons (Fsp3) is 0.556. The highest BCUT2D eigenvalue weighted by Gasteiger charge is 2.14. The third kappa shape index (κ3) is 6.75. The van der Waals surface area contributed by atoms with Crippen molar-refractivity contribution in [3.63, 3.8) is 0 Å². The van der Waals surface area contributed by atoms with Gasteiger partial charge in [-0.15, -0.1) is 0 Å². The van der Waals surface area contributed by atoms with E-state index in [1.165, 1.54) is 6.08 Å². The number of rotatable bonds is 7. The topological polar surface area (TPSA) is 99.2 Å². The minimum absolute atomic E-state index is 0.257. The van der Waals surface area contributed by atoms with Crippen molar-refractivity contribution in [2.24, 2.45) is 5.73 Å². The molecule has 0 rings (SSSR count). The molecule has 0 aliphatic carbocycles. The monoisotopic (exact) mass is 217 g/mol. The van der Waals surface area contributed by atoms with Crippen LogP contribution < -0.4 is 11.1 Å². The lowest BCUT2D eigenvalue weighted by molar-refractivity contribution is -0.138. The van der Waals surface area contributed by atoms with Crippen LogP contribution in [0.15, 0.2) is 11.9 Å². The zero-order chi connectivity index (χ0) is 11.8. The van der Waals surface area contributed by atoms with Crippen LogP contribution >= 0.6 is 0 Å². The first-order chi connectivity index (χ1) is 6.97. The third-order valence-electron chi connectivity index (χ3n) is 1.70. The number of nitrogens with two attached hydrogens (primary N) is 1. The second-order valence-corrected chi connectivity index (χ2v) is 3.16. The van der Waals surface area contributed by atoms with E-state index < -0.39 is 17.8 Å². The van der Waals surface area contributed by atoms with E-state index in [0.29, 0.717) is 6.54 Å². The molecule has 0 aliphatic rings. The van der Waals surface area contributed by atoms with Crippen LogP contribution in [-0.2, 0) is 4.79 Å². The molecule has 0 aliphatic heterocycles. The van der Waals surface area contributed by atoms with Crippen molar-refractivity contribution in [2.75, 3.05) is 6.54 Å². The average Bonchev–Trinajstić information content (AvgIpc) is 2.14. The Bertz CT molecular complexity index is 256. The van der Waals surface area contributed by atoms with Crippen molar-refractivity contribution >= 4 is 12.2 Å². The van der Waals surface area contributed by atoms with Crippen molar-refractivity contribution in [3.05, 3.63) is 11.9 Å². The van der Waals surface area contributed by atoms with Gasteiger partial charge in [0.1, 0.15) is 6.04 Å². The Balaban J connectivity index is 4.06. The molecule has 0 heterocycles. The fourth-order valence-corrected chi connectivity index (χ4v) is 0.940. The Kier molecular flexibility index (Phi) is 6.48. The van der Waals surface area contributed by atoms with Crippen LogP contribution in [0.1, 0.15) is 13.3 Å². The van der Waals surface area contributed by atoms with Gasteiger partial charge in [0, 0.05) is 25.2 Å². The number of carboxylic acid groups (broad SMARTS) is 1. The van der Waals surface area contributed by atoms with Crippen molar-refractivity contribution in [3.8, 4) is 0 Å². The summed E-state index contributed by atoms with van der Waals surface area (Å²) in [5.74, 6) is -1.78. The zero-order valence-electron chi connectivity index (χ0n) is 8.53. The lowest BCUT2D eigenvalue weighted by atomic mass is 10.1. The standard InChI is InChI=1S/C9H16FN3O2/c1-6(13-3-2-11)4-7(10)5-8(12)9(14)15/h2,4,6,8,11,13H,3,5,12H2,1H3,(H,14,15)/b7-4-,11-2?/t6?,8-/m0/s1. The summed E-state index contributed by atoms with van der Waals surface area (Å²) >= 11 is 0. The van der Waals surface area contributed by atoms with Gasteiger partial charge in [-0.2, -0.15) is 0 Å². The Morgan fingerprint density at radius 3 is 2.80 bits per heavy atom. The third-order valence-corrected chi connectivity index (χ3v) is 1.70. The lowest BCUT2D eigenvalue weighted by Crippen LogP contribution is -2.31. The van der Waals surface area contributed by atoms with Gasteiger partial charge in [0.15, 0.2) is 0 Å². The number of aliphatic carboxylic acids is 1. The number of carboxylic acids is 1. The van der Waals surface area contributed by atoms with E-state index in [2.05, 4.69) is 5.32 Å². The maximum atomic E-state index is 13.1. The molecule has 5 N–H and O–H groups in total. The van der Waals surface area contributed by atoms with E-state index in [0.717, 1.165) is 6.21 Å². The molecule has 0 saturated carbocycles. The molecule has 2 atom stereocenters. The molecule has 1 unspecified atom stereocenters. The van der Waals surface area contributed by atoms with Crippen LogP contribution in [0.3, 0.4) is 0 Å². The van der Waals surface area contributed by atoms with Crippen molar-refractivity contribution < 1.29 is 14.3 Å². The quantitative estimate of drug-likeness (QED) is 0.460. The molecule has 0 amide bonds. The van der Waals surface area contributed by atoms with Gasteiger partial charge in [0.2, 0.25) is 0 Å². The summed E-state index contributed by atoms with van der Waals surface area (Å²) in [6, 6.07) is -1.47. The van der Waals surface area contributed by atoms with Gasteiger partial charge in [0.25, 0.3) is 0 Å². The molecule has 0 spiro atoms. The second-order valence-electron chi connectivity index (χ2n) is 3.16. The van der Waals surface area contributed by atoms with Crippen molar-refractivity contribution in [2.45, 2.75) is 25.4 Å². The van der Waals surface area contributed by atoms with E-state index in [-0.39, 0.29) is 12.5 Å². The summed E-state index contributed by atoms with van der Waals surface area (Å²) in [6.45, 7) is 2.05. The van der Waals surface area contributed by atoms with E-state index in [1.807, 2.05) is 0 Å². The van der Waals surface area contributed by atoms with Crippen LogP contribution in [0.4, 0.5) is 4.39 Å². The number of nitrogens with one attached hydrogen (secondary N) is 2. The summed E-state index contributed by atoms with van der Waals surface area (Å²) in [6.07, 6.45) is 2.10. The summed E-state index contributed by atoms with van der Waals surface area (Å²) < 4.78 is 13.1. The van der Waals surface area contributed by atoms with E-state index in [1.54, 1.807) is 6.92 Å². The zero-order valence-corrected chi connectivity index (χ0v) is 8.53. The summed E-state index contributed by atoms with van der Waals surface area (Å²) in [7, 11) is 0. The Hall–Kier alpha value is -1.27. The van der Waals surface area contributed by atoms with E-state index in [9.17, 15) is 9.18 Å². The van der Waals surface area contributed by atoms with Gasteiger partial charge in [-0.05, 0) is 13.0 Å². The molecule has 0 radical (unpaired) electrons. The summed E-state index contributed by atoms with van der Waals surface area (Å²) in [5.41, 5.74) is 5.16. The maximum Gasteiger partial charge on any atom is 0.320 e. The first-order valence-corrected chi connectivity index (χ1v) is 4.54. The normalized spacial score (nSPS) is 15.8. The smallest absolute Gasteiger partial charge is 0.320 e. The first-order valence-electron chi connectivity index (χ1n) is 4.54. The predicted molar refractivity (Wildman–Crippen MR) is 55.7 cm³/mol. The molecule has 0 aromatic rings. The molecular weight excluding hydrogens is 201 g/mol. The molecule has 0 aromatic heterocycles. The Morgan fingerprint density at radius 2 is 2.33 bits per heavy atom. The molecule has 0 aromatic carbocycles. The molecule has 86 valence electrons. The van der Waals surface area contributed by atoms with Gasteiger partial charge in [0.05, 0.1) is 5.83 Å². The largest absolute Gasteiger partial charge is 0.480 e. The van der Waals surface area contributed by atoms with Crippen molar-refractivity contribution in [1.29, 1.82) is 5.41 Å². The molecular formula is C9H16FN3O2. The minimum Gasteiger partial charge on any atom is -0.480 e. The summed E-state index contributed by atoms with van der Waals surface area (Å²) in [4.78, 5) is 10.3. The average molecular weight is 217 g/mol.